The number of hydrogen-bond acceptors (Lipinski definition) is 3. The zero-order chi connectivity index (χ0) is 19.6. The molecule has 0 aliphatic carbocycles. The standard InChI is InChI=1S/C19H21F3N2O3/c1-2-17(25)23-10-15(24-8-4-7-18(24)26)16(11-23)27-12-13-5-3-6-14(9-13)19(20,21)22/h2-3,5-6,9,15-16H,1,4,7-8,10-12H2/t15?,16-/m1/s1. The fraction of sp³-hybridized carbons (Fsp3) is 0.474. The van der Waals surface area contributed by atoms with Crippen molar-refractivity contribution >= 4 is 11.8 Å². The lowest BCUT2D eigenvalue weighted by molar-refractivity contribution is -0.138. The first-order valence-corrected chi connectivity index (χ1v) is 8.78. The first-order chi connectivity index (χ1) is 12.8. The van der Waals surface area contributed by atoms with E-state index in [1.54, 1.807) is 15.9 Å². The highest BCUT2D eigenvalue weighted by Crippen LogP contribution is 2.30. The van der Waals surface area contributed by atoms with E-state index in [0.717, 1.165) is 18.6 Å². The zero-order valence-corrected chi connectivity index (χ0v) is 14.7. The molecule has 0 radical (unpaired) electrons. The van der Waals surface area contributed by atoms with Crippen LogP contribution in [0.3, 0.4) is 0 Å². The largest absolute Gasteiger partial charge is 0.416 e. The minimum absolute atomic E-state index is 0.0144. The van der Waals surface area contributed by atoms with Crippen molar-refractivity contribution in [1.82, 2.24) is 9.80 Å². The summed E-state index contributed by atoms with van der Waals surface area (Å²) in [5.41, 5.74) is -0.338. The van der Waals surface area contributed by atoms with Crippen LogP contribution in [-0.2, 0) is 27.1 Å². The summed E-state index contributed by atoms with van der Waals surface area (Å²) in [5, 5.41) is 0. The van der Waals surface area contributed by atoms with Gasteiger partial charge in [0.15, 0.2) is 0 Å². The SMILES string of the molecule is C=CC(=O)N1CC(N2CCCC2=O)[C@H](OCc2cccc(C(F)(F)F)c2)C1. The number of nitrogens with zero attached hydrogens (tertiary/aromatic N) is 2. The molecule has 2 heterocycles. The molecule has 1 unspecified atom stereocenters. The average Bonchev–Trinajstić information content (AvgIpc) is 3.24. The van der Waals surface area contributed by atoms with Crippen molar-refractivity contribution in [3.63, 3.8) is 0 Å². The van der Waals surface area contributed by atoms with Crippen LogP contribution >= 0.6 is 0 Å². The molecule has 2 fully saturated rings. The van der Waals surface area contributed by atoms with Crippen LogP contribution in [0.5, 0.6) is 0 Å². The van der Waals surface area contributed by atoms with Crippen LogP contribution in [0.15, 0.2) is 36.9 Å². The van der Waals surface area contributed by atoms with E-state index < -0.39 is 17.8 Å². The predicted molar refractivity (Wildman–Crippen MR) is 91.5 cm³/mol. The van der Waals surface area contributed by atoms with Gasteiger partial charge in [-0.3, -0.25) is 9.59 Å². The lowest BCUT2D eigenvalue weighted by Crippen LogP contribution is -2.45. The summed E-state index contributed by atoms with van der Waals surface area (Å²) in [4.78, 5) is 27.3. The maximum absolute atomic E-state index is 12.9. The highest BCUT2D eigenvalue weighted by atomic mass is 19.4. The molecule has 5 nitrogen and oxygen atoms in total. The van der Waals surface area contributed by atoms with Crippen LogP contribution in [0.2, 0.25) is 0 Å². The smallest absolute Gasteiger partial charge is 0.369 e. The fourth-order valence-corrected chi connectivity index (χ4v) is 3.59. The molecule has 0 bridgehead atoms. The summed E-state index contributed by atoms with van der Waals surface area (Å²) in [6.07, 6.45) is -2.44. The molecule has 1 aromatic carbocycles. The van der Waals surface area contributed by atoms with Gasteiger partial charge >= 0.3 is 6.18 Å². The summed E-state index contributed by atoms with van der Waals surface area (Å²) in [7, 11) is 0. The minimum atomic E-state index is -4.42. The third kappa shape index (κ3) is 4.32. The van der Waals surface area contributed by atoms with E-state index in [9.17, 15) is 22.8 Å². The van der Waals surface area contributed by atoms with Crippen LogP contribution in [0.4, 0.5) is 13.2 Å². The van der Waals surface area contributed by atoms with E-state index in [0.29, 0.717) is 25.1 Å². The third-order valence-electron chi connectivity index (χ3n) is 4.95. The highest BCUT2D eigenvalue weighted by molar-refractivity contribution is 5.87. The lowest BCUT2D eigenvalue weighted by atomic mass is 10.1. The monoisotopic (exact) mass is 382 g/mol. The average molecular weight is 382 g/mol. The summed E-state index contributed by atoms with van der Waals surface area (Å²) in [6.45, 7) is 4.66. The van der Waals surface area contributed by atoms with Crippen molar-refractivity contribution in [1.29, 1.82) is 0 Å². The van der Waals surface area contributed by atoms with E-state index in [-0.39, 0.29) is 31.0 Å². The van der Waals surface area contributed by atoms with E-state index in [2.05, 4.69) is 6.58 Å². The van der Waals surface area contributed by atoms with Gasteiger partial charge in [0.25, 0.3) is 0 Å². The molecule has 3 rings (SSSR count). The van der Waals surface area contributed by atoms with Crippen molar-refractivity contribution in [2.75, 3.05) is 19.6 Å². The number of carbonyl (C=O) groups is 2. The van der Waals surface area contributed by atoms with Crippen molar-refractivity contribution in [2.45, 2.75) is 37.8 Å². The number of carbonyl (C=O) groups excluding carboxylic acids is 2. The molecule has 27 heavy (non-hydrogen) atoms. The Bertz CT molecular complexity index is 735. The Morgan fingerprint density at radius 1 is 1.33 bits per heavy atom. The van der Waals surface area contributed by atoms with Crippen LogP contribution in [-0.4, -0.2) is 53.4 Å². The molecule has 0 saturated carbocycles. The number of ether oxygens (including phenoxy) is 1. The second-order valence-corrected chi connectivity index (χ2v) is 6.75. The summed E-state index contributed by atoms with van der Waals surface area (Å²) in [5.74, 6) is -0.239. The number of alkyl halides is 3. The van der Waals surface area contributed by atoms with E-state index in [4.69, 9.17) is 4.74 Å². The molecule has 0 spiro atoms. The Morgan fingerprint density at radius 3 is 2.74 bits per heavy atom. The van der Waals surface area contributed by atoms with Gasteiger partial charge in [0, 0.05) is 26.1 Å². The summed E-state index contributed by atoms with van der Waals surface area (Å²) in [6, 6.07) is 4.67. The van der Waals surface area contributed by atoms with Gasteiger partial charge in [0.05, 0.1) is 24.3 Å². The lowest BCUT2D eigenvalue weighted by Gasteiger charge is -2.28. The first-order valence-electron chi connectivity index (χ1n) is 8.78. The van der Waals surface area contributed by atoms with Gasteiger partial charge < -0.3 is 14.5 Å². The molecule has 0 N–H and O–H groups in total. The molecule has 146 valence electrons. The van der Waals surface area contributed by atoms with Crippen molar-refractivity contribution in [3.8, 4) is 0 Å². The van der Waals surface area contributed by atoms with Crippen LogP contribution < -0.4 is 0 Å². The van der Waals surface area contributed by atoms with E-state index in [1.165, 1.54) is 12.1 Å². The second-order valence-electron chi connectivity index (χ2n) is 6.75. The number of halogens is 3. The van der Waals surface area contributed by atoms with Gasteiger partial charge in [-0.25, -0.2) is 0 Å². The van der Waals surface area contributed by atoms with Crippen LogP contribution in [0.25, 0.3) is 0 Å². The molecule has 2 atom stereocenters. The summed E-state index contributed by atoms with van der Waals surface area (Å²) < 4.78 is 44.4. The Balaban J connectivity index is 1.72. The van der Waals surface area contributed by atoms with Crippen LogP contribution in [0, 0.1) is 0 Å². The topological polar surface area (TPSA) is 49.9 Å². The maximum Gasteiger partial charge on any atom is 0.416 e. The van der Waals surface area contributed by atoms with E-state index in [1.807, 2.05) is 0 Å². The van der Waals surface area contributed by atoms with Gasteiger partial charge in [-0.05, 0) is 30.2 Å². The Labute approximate surface area is 155 Å². The second kappa shape index (κ2) is 7.72. The maximum atomic E-state index is 12.9. The molecule has 2 aliphatic heterocycles. The molecule has 8 heteroatoms. The van der Waals surface area contributed by atoms with Gasteiger partial charge in [0.1, 0.15) is 0 Å². The highest BCUT2D eigenvalue weighted by Gasteiger charge is 2.42. The zero-order valence-electron chi connectivity index (χ0n) is 14.7. The molecule has 2 aliphatic rings. The number of amides is 2. The van der Waals surface area contributed by atoms with Crippen molar-refractivity contribution in [2.24, 2.45) is 0 Å². The molecule has 2 amide bonds. The van der Waals surface area contributed by atoms with Gasteiger partial charge in [-0.1, -0.05) is 18.7 Å². The third-order valence-corrected chi connectivity index (χ3v) is 4.95. The molecule has 1 aromatic rings. The molecule has 2 saturated heterocycles. The van der Waals surface area contributed by atoms with E-state index >= 15 is 0 Å². The normalized spacial score (nSPS) is 23.1. The predicted octanol–water partition coefficient (Wildman–Crippen LogP) is 2.61. The van der Waals surface area contributed by atoms with Crippen molar-refractivity contribution < 1.29 is 27.5 Å². The van der Waals surface area contributed by atoms with Gasteiger partial charge in [-0.15, -0.1) is 0 Å². The Morgan fingerprint density at radius 2 is 2.11 bits per heavy atom. The fourth-order valence-electron chi connectivity index (χ4n) is 3.59. The van der Waals surface area contributed by atoms with Crippen molar-refractivity contribution in [3.05, 3.63) is 48.0 Å². The number of hydrogen-bond donors (Lipinski definition) is 0. The first kappa shape index (κ1) is 19.4. The Hall–Kier alpha value is -2.35. The Kier molecular flexibility index (Phi) is 5.55. The molecular weight excluding hydrogens is 361 g/mol. The number of benzene rings is 1. The van der Waals surface area contributed by atoms with Gasteiger partial charge in [-0.2, -0.15) is 13.2 Å². The quantitative estimate of drug-likeness (QED) is 0.736. The molecule has 0 aromatic heterocycles. The minimum Gasteiger partial charge on any atom is -0.369 e. The number of rotatable bonds is 5. The van der Waals surface area contributed by atoms with Crippen LogP contribution in [0.1, 0.15) is 24.0 Å². The summed E-state index contributed by atoms with van der Waals surface area (Å²) >= 11 is 0. The number of likely N-dealkylation sites (tertiary alicyclic amines) is 2. The van der Waals surface area contributed by atoms with Gasteiger partial charge in [0.2, 0.25) is 11.8 Å². The molecular formula is C19H21F3N2O3.